The number of nitrogens with zero attached hydrogens (tertiary/aromatic N) is 2. The van der Waals surface area contributed by atoms with Gasteiger partial charge in [0.15, 0.2) is 12.6 Å². The molecule has 0 bridgehead atoms. The van der Waals surface area contributed by atoms with E-state index >= 15 is 0 Å². The van der Waals surface area contributed by atoms with Crippen LogP contribution in [0.15, 0.2) is 33.8 Å². The summed E-state index contributed by atoms with van der Waals surface area (Å²) in [6.07, 6.45) is 1.64. The maximum atomic E-state index is 11.6. The number of aromatic nitrogens is 1. The first-order valence-corrected chi connectivity index (χ1v) is 10.6. The summed E-state index contributed by atoms with van der Waals surface area (Å²) in [4.78, 5) is 16.2. The number of aliphatic imine (C=N–C) groups is 1. The summed E-state index contributed by atoms with van der Waals surface area (Å²) in [5.41, 5.74) is 3.08. The number of rotatable bonds is 11. The SMILES string of the molecule is CCNC(=O)COc1cccc(CN=C(NCC)NCc2c(CC)noc2CC)c1. The fraction of sp³-hybridized carbons (Fsp3) is 0.500. The van der Waals surface area contributed by atoms with Crippen molar-refractivity contribution in [3.63, 3.8) is 0 Å². The Kier molecular flexibility index (Phi) is 9.70. The van der Waals surface area contributed by atoms with E-state index in [1.165, 1.54) is 0 Å². The number of nitrogens with one attached hydrogen (secondary N) is 3. The number of carbonyl (C=O) groups excluding carboxylic acids is 1. The average Bonchev–Trinajstić information content (AvgIpc) is 3.16. The van der Waals surface area contributed by atoms with E-state index < -0.39 is 0 Å². The Balaban J connectivity index is 2.00. The second kappa shape index (κ2) is 12.5. The standard InChI is InChI=1S/C22H33N5O3/c1-5-19-18(20(6-2)30-27-19)14-26-22(24-8-4)25-13-16-10-9-11-17(12-16)29-15-21(28)23-7-3/h9-12H,5-8,13-15H2,1-4H3,(H,23,28)(H2,24,25,26). The van der Waals surface area contributed by atoms with Crippen molar-refractivity contribution in [1.29, 1.82) is 0 Å². The number of carbonyl (C=O) groups is 1. The molecule has 0 saturated heterocycles. The fourth-order valence-electron chi connectivity index (χ4n) is 2.95. The second-order valence-electron chi connectivity index (χ2n) is 6.68. The summed E-state index contributed by atoms with van der Waals surface area (Å²) < 4.78 is 11.0. The monoisotopic (exact) mass is 415 g/mol. The van der Waals surface area contributed by atoms with Crippen LogP contribution in [-0.2, 0) is 30.7 Å². The molecule has 1 amide bonds. The molecule has 0 atom stereocenters. The molecule has 164 valence electrons. The van der Waals surface area contributed by atoms with Crippen molar-refractivity contribution in [1.82, 2.24) is 21.1 Å². The van der Waals surface area contributed by atoms with Gasteiger partial charge in [0.2, 0.25) is 0 Å². The Morgan fingerprint density at radius 2 is 1.90 bits per heavy atom. The molecule has 0 saturated carbocycles. The highest BCUT2D eigenvalue weighted by atomic mass is 16.5. The van der Waals surface area contributed by atoms with Gasteiger partial charge >= 0.3 is 0 Å². The number of likely N-dealkylation sites (N-methyl/N-ethyl adjacent to an activating group) is 1. The van der Waals surface area contributed by atoms with Crippen LogP contribution in [0, 0.1) is 0 Å². The fourth-order valence-corrected chi connectivity index (χ4v) is 2.95. The lowest BCUT2D eigenvalue weighted by molar-refractivity contribution is -0.122. The van der Waals surface area contributed by atoms with Gasteiger partial charge in [-0.25, -0.2) is 4.99 Å². The third-order valence-electron chi connectivity index (χ3n) is 4.45. The van der Waals surface area contributed by atoms with Gasteiger partial charge in [0.05, 0.1) is 12.2 Å². The second-order valence-corrected chi connectivity index (χ2v) is 6.68. The van der Waals surface area contributed by atoms with Gasteiger partial charge in [-0.05, 0) is 38.0 Å². The van der Waals surface area contributed by atoms with Crippen LogP contribution in [0.2, 0.25) is 0 Å². The predicted octanol–water partition coefficient (Wildman–Crippen LogP) is 2.57. The van der Waals surface area contributed by atoms with E-state index in [4.69, 9.17) is 9.26 Å². The van der Waals surface area contributed by atoms with Gasteiger partial charge in [0.25, 0.3) is 5.91 Å². The van der Waals surface area contributed by atoms with Crippen LogP contribution in [0.1, 0.15) is 50.3 Å². The molecule has 0 aliphatic carbocycles. The largest absolute Gasteiger partial charge is 0.484 e. The van der Waals surface area contributed by atoms with Crippen LogP contribution in [0.3, 0.4) is 0 Å². The van der Waals surface area contributed by atoms with Gasteiger partial charge in [-0.3, -0.25) is 4.79 Å². The summed E-state index contributed by atoms with van der Waals surface area (Å²) in [6, 6.07) is 7.61. The van der Waals surface area contributed by atoms with E-state index in [9.17, 15) is 4.79 Å². The molecule has 2 aromatic rings. The van der Waals surface area contributed by atoms with Crippen molar-refractivity contribution in [3.8, 4) is 5.75 Å². The van der Waals surface area contributed by atoms with E-state index in [-0.39, 0.29) is 12.5 Å². The first-order chi connectivity index (χ1) is 14.6. The minimum absolute atomic E-state index is 0.00299. The molecule has 3 N–H and O–H groups in total. The normalized spacial score (nSPS) is 11.3. The third-order valence-corrected chi connectivity index (χ3v) is 4.45. The molecule has 1 aromatic heterocycles. The number of guanidine groups is 1. The first-order valence-electron chi connectivity index (χ1n) is 10.6. The third kappa shape index (κ3) is 7.09. The lowest BCUT2D eigenvalue weighted by Crippen LogP contribution is -2.37. The number of ether oxygens (including phenoxy) is 1. The van der Waals surface area contributed by atoms with Crippen molar-refractivity contribution in [2.24, 2.45) is 4.99 Å². The Morgan fingerprint density at radius 3 is 2.60 bits per heavy atom. The van der Waals surface area contributed by atoms with E-state index in [0.717, 1.165) is 47.9 Å². The van der Waals surface area contributed by atoms with Gasteiger partial charge < -0.3 is 25.2 Å². The molecule has 0 radical (unpaired) electrons. The van der Waals surface area contributed by atoms with Crippen LogP contribution in [0.25, 0.3) is 0 Å². The average molecular weight is 416 g/mol. The molecule has 8 heteroatoms. The van der Waals surface area contributed by atoms with Crippen molar-refractivity contribution >= 4 is 11.9 Å². The molecule has 0 fully saturated rings. The Morgan fingerprint density at radius 1 is 1.10 bits per heavy atom. The lowest BCUT2D eigenvalue weighted by atomic mass is 10.1. The maximum absolute atomic E-state index is 11.6. The summed E-state index contributed by atoms with van der Waals surface area (Å²) in [6.45, 7) is 10.5. The maximum Gasteiger partial charge on any atom is 0.257 e. The zero-order valence-electron chi connectivity index (χ0n) is 18.4. The molecule has 8 nitrogen and oxygen atoms in total. The highest BCUT2D eigenvalue weighted by Gasteiger charge is 2.13. The number of hydrogen-bond donors (Lipinski definition) is 3. The van der Waals surface area contributed by atoms with Crippen molar-refractivity contribution in [2.75, 3.05) is 19.7 Å². The summed E-state index contributed by atoms with van der Waals surface area (Å²) in [5, 5.41) is 13.5. The highest BCUT2D eigenvalue weighted by molar-refractivity contribution is 5.79. The number of aryl methyl sites for hydroxylation is 2. The van der Waals surface area contributed by atoms with Gasteiger partial charge in [0.1, 0.15) is 11.5 Å². The van der Waals surface area contributed by atoms with Gasteiger partial charge in [-0.1, -0.05) is 31.1 Å². The predicted molar refractivity (Wildman–Crippen MR) is 118 cm³/mol. The minimum Gasteiger partial charge on any atom is -0.484 e. The quantitative estimate of drug-likeness (QED) is 0.385. The van der Waals surface area contributed by atoms with E-state index in [2.05, 4.69) is 39.9 Å². The van der Waals surface area contributed by atoms with Gasteiger partial charge in [0, 0.05) is 31.6 Å². The molecule has 1 heterocycles. The Bertz CT molecular complexity index is 810. The zero-order chi connectivity index (χ0) is 21.8. The Hall–Kier alpha value is -3.03. The number of benzene rings is 1. The molecular formula is C22H33N5O3. The Labute approximate surface area is 178 Å². The van der Waals surface area contributed by atoms with Crippen molar-refractivity contribution in [3.05, 3.63) is 46.8 Å². The molecule has 0 aliphatic heterocycles. The molecule has 0 spiro atoms. The molecule has 0 aliphatic rings. The van der Waals surface area contributed by atoms with Crippen LogP contribution in [-0.4, -0.2) is 36.7 Å². The van der Waals surface area contributed by atoms with E-state index in [1.54, 1.807) is 0 Å². The number of amides is 1. The topological polar surface area (TPSA) is 101 Å². The number of hydrogen-bond acceptors (Lipinski definition) is 5. The van der Waals surface area contributed by atoms with Crippen molar-refractivity contribution < 1.29 is 14.1 Å². The molecular weight excluding hydrogens is 382 g/mol. The van der Waals surface area contributed by atoms with Crippen LogP contribution in [0.5, 0.6) is 5.75 Å². The lowest BCUT2D eigenvalue weighted by Gasteiger charge is -2.12. The van der Waals surface area contributed by atoms with Crippen LogP contribution < -0.4 is 20.7 Å². The van der Waals surface area contributed by atoms with E-state index in [1.807, 2.05) is 38.1 Å². The van der Waals surface area contributed by atoms with Crippen molar-refractivity contribution in [2.45, 2.75) is 53.6 Å². The first kappa shape index (κ1) is 23.3. The highest BCUT2D eigenvalue weighted by Crippen LogP contribution is 2.16. The summed E-state index contributed by atoms with van der Waals surface area (Å²) in [7, 11) is 0. The molecule has 2 rings (SSSR count). The molecule has 30 heavy (non-hydrogen) atoms. The van der Waals surface area contributed by atoms with Crippen LogP contribution >= 0.6 is 0 Å². The van der Waals surface area contributed by atoms with Gasteiger partial charge in [-0.15, -0.1) is 0 Å². The zero-order valence-corrected chi connectivity index (χ0v) is 18.4. The smallest absolute Gasteiger partial charge is 0.257 e. The summed E-state index contributed by atoms with van der Waals surface area (Å²) in [5.74, 6) is 2.14. The molecule has 0 unspecified atom stereocenters. The van der Waals surface area contributed by atoms with E-state index in [0.29, 0.717) is 25.4 Å². The summed E-state index contributed by atoms with van der Waals surface area (Å²) >= 11 is 0. The molecule has 1 aromatic carbocycles. The minimum atomic E-state index is -0.133. The van der Waals surface area contributed by atoms with Crippen LogP contribution in [0.4, 0.5) is 0 Å². The van der Waals surface area contributed by atoms with Gasteiger partial charge in [-0.2, -0.15) is 0 Å².